The average Bonchev–Trinajstić information content (AvgIpc) is 2.36. The molecule has 2 N–H and O–H groups in total. The van der Waals surface area contributed by atoms with E-state index in [4.69, 9.17) is 10.5 Å². The van der Waals surface area contributed by atoms with Crippen LogP contribution in [0, 0.1) is 5.92 Å². The number of nitrogens with zero attached hydrogens (tertiary/aromatic N) is 1. The van der Waals surface area contributed by atoms with Crippen molar-refractivity contribution in [3.63, 3.8) is 0 Å². The van der Waals surface area contributed by atoms with Gasteiger partial charge >= 0.3 is 0 Å². The molecule has 0 aromatic carbocycles. The molecule has 0 radical (unpaired) electrons. The Hall–Kier alpha value is -0.120. The fraction of sp³-hybridized carbons (Fsp3) is 1.00. The summed E-state index contributed by atoms with van der Waals surface area (Å²) >= 11 is 0. The lowest BCUT2D eigenvalue weighted by Crippen LogP contribution is -2.54. The summed E-state index contributed by atoms with van der Waals surface area (Å²) in [4.78, 5) is 2.51. The summed E-state index contributed by atoms with van der Waals surface area (Å²) in [6.07, 6.45) is 7.57. The molecule has 0 aliphatic heterocycles. The van der Waals surface area contributed by atoms with Crippen molar-refractivity contribution in [1.82, 2.24) is 4.90 Å². The predicted molar refractivity (Wildman–Crippen MR) is 73.2 cm³/mol. The molecule has 0 unspecified atom stereocenters. The van der Waals surface area contributed by atoms with Crippen LogP contribution in [0.4, 0.5) is 0 Å². The summed E-state index contributed by atoms with van der Waals surface area (Å²) in [5.74, 6) is 0.886. The standard InChI is InChI=1S/C14H30N2O/c1-13-6-8-14(12-15,9-7-13)16(2)10-4-5-11-17-3/h13H,4-12,15H2,1-3H3. The first-order chi connectivity index (χ1) is 8.14. The van der Waals surface area contributed by atoms with E-state index in [9.17, 15) is 0 Å². The van der Waals surface area contributed by atoms with E-state index in [0.29, 0.717) is 0 Å². The van der Waals surface area contributed by atoms with E-state index < -0.39 is 0 Å². The normalized spacial score (nSPS) is 29.8. The minimum Gasteiger partial charge on any atom is -0.385 e. The second-order valence-corrected chi connectivity index (χ2v) is 5.73. The van der Waals surface area contributed by atoms with Crippen molar-refractivity contribution in [2.75, 3.05) is 33.9 Å². The van der Waals surface area contributed by atoms with E-state index in [2.05, 4.69) is 18.9 Å². The highest BCUT2D eigenvalue weighted by atomic mass is 16.5. The number of methoxy groups -OCH3 is 1. The van der Waals surface area contributed by atoms with Crippen LogP contribution >= 0.6 is 0 Å². The molecule has 1 saturated carbocycles. The quantitative estimate of drug-likeness (QED) is 0.696. The molecule has 1 aliphatic rings. The smallest absolute Gasteiger partial charge is 0.0462 e. The number of nitrogens with two attached hydrogens (primary N) is 1. The van der Waals surface area contributed by atoms with Crippen LogP contribution in [0.1, 0.15) is 45.4 Å². The molecule has 0 bridgehead atoms. The highest BCUT2D eigenvalue weighted by molar-refractivity contribution is 4.94. The van der Waals surface area contributed by atoms with E-state index in [1.54, 1.807) is 7.11 Å². The van der Waals surface area contributed by atoms with Gasteiger partial charge in [0.25, 0.3) is 0 Å². The zero-order chi connectivity index (χ0) is 12.7. The van der Waals surface area contributed by atoms with Gasteiger partial charge in [-0.05, 0) is 58.0 Å². The van der Waals surface area contributed by atoms with E-state index in [1.807, 2.05) is 0 Å². The van der Waals surface area contributed by atoms with Gasteiger partial charge in [-0.3, -0.25) is 4.90 Å². The molecule has 102 valence electrons. The van der Waals surface area contributed by atoms with Crippen molar-refractivity contribution in [3.05, 3.63) is 0 Å². The Morgan fingerprint density at radius 2 is 1.94 bits per heavy atom. The van der Waals surface area contributed by atoms with Crippen molar-refractivity contribution < 1.29 is 4.74 Å². The molecule has 0 saturated heterocycles. The molecule has 17 heavy (non-hydrogen) atoms. The minimum absolute atomic E-state index is 0.277. The Bertz CT molecular complexity index is 200. The van der Waals surface area contributed by atoms with Gasteiger partial charge in [0, 0.05) is 25.8 Å². The number of unbranched alkanes of at least 4 members (excludes halogenated alkanes) is 1. The zero-order valence-corrected chi connectivity index (χ0v) is 11.9. The lowest BCUT2D eigenvalue weighted by Gasteiger charge is -2.45. The topological polar surface area (TPSA) is 38.5 Å². The maximum atomic E-state index is 6.05. The molecule has 3 nitrogen and oxygen atoms in total. The minimum atomic E-state index is 0.277. The molecule has 3 heteroatoms. The van der Waals surface area contributed by atoms with Gasteiger partial charge in [-0.15, -0.1) is 0 Å². The fourth-order valence-corrected chi connectivity index (χ4v) is 2.87. The molecule has 1 fully saturated rings. The highest BCUT2D eigenvalue weighted by Crippen LogP contribution is 2.35. The summed E-state index contributed by atoms with van der Waals surface area (Å²) < 4.78 is 5.09. The van der Waals surface area contributed by atoms with Crippen LogP contribution in [0.25, 0.3) is 0 Å². The lowest BCUT2D eigenvalue weighted by molar-refractivity contribution is 0.0643. The number of hydrogen-bond acceptors (Lipinski definition) is 3. The fourth-order valence-electron chi connectivity index (χ4n) is 2.87. The van der Waals surface area contributed by atoms with E-state index in [0.717, 1.165) is 32.0 Å². The second-order valence-electron chi connectivity index (χ2n) is 5.73. The predicted octanol–water partition coefficient (Wildman–Crippen LogP) is 2.25. The summed E-state index contributed by atoms with van der Waals surface area (Å²) in [7, 11) is 4.02. The van der Waals surface area contributed by atoms with Crippen LogP contribution < -0.4 is 5.73 Å². The molecule has 0 spiro atoms. The molecule has 0 heterocycles. The first-order valence-corrected chi connectivity index (χ1v) is 7.05. The number of hydrogen-bond donors (Lipinski definition) is 1. The van der Waals surface area contributed by atoms with Crippen LogP contribution in [0.5, 0.6) is 0 Å². The molecular weight excluding hydrogens is 212 g/mol. The van der Waals surface area contributed by atoms with E-state index in [1.165, 1.54) is 32.1 Å². The first kappa shape index (κ1) is 14.9. The highest BCUT2D eigenvalue weighted by Gasteiger charge is 2.36. The lowest BCUT2D eigenvalue weighted by atomic mass is 9.76. The molecule has 1 aliphatic carbocycles. The third-order valence-corrected chi connectivity index (χ3v) is 4.49. The van der Waals surface area contributed by atoms with Crippen molar-refractivity contribution in [1.29, 1.82) is 0 Å². The van der Waals surface area contributed by atoms with Crippen LogP contribution in [0.3, 0.4) is 0 Å². The summed E-state index contributed by atoms with van der Waals surface area (Å²) in [5.41, 5.74) is 6.33. The summed E-state index contributed by atoms with van der Waals surface area (Å²) in [6, 6.07) is 0. The third kappa shape index (κ3) is 4.23. The van der Waals surface area contributed by atoms with E-state index in [-0.39, 0.29) is 5.54 Å². The van der Waals surface area contributed by atoms with Crippen molar-refractivity contribution >= 4 is 0 Å². The van der Waals surface area contributed by atoms with Gasteiger partial charge in [0.2, 0.25) is 0 Å². The second kappa shape index (κ2) is 7.34. The Balaban J connectivity index is 2.37. The number of ether oxygens (including phenoxy) is 1. The van der Waals surface area contributed by atoms with Gasteiger partial charge in [0.05, 0.1) is 0 Å². The molecule has 0 aromatic rings. The molecular formula is C14H30N2O. The largest absolute Gasteiger partial charge is 0.385 e. The maximum absolute atomic E-state index is 6.05. The SMILES string of the molecule is COCCCCN(C)C1(CN)CCC(C)CC1. The third-order valence-electron chi connectivity index (χ3n) is 4.49. The van der Waals surface area contributed by atoms with Crippen molar-refractivity contribution in [3.8, 4) is 0 Å². The summed E-state index contributed by atoms with van der Waals surface area (Å²) in [5, 5.41) is 0. The monoisotopic (exact) mass is 242 g/mol. The first-order valence-electron chi connectivity index (χ1n) is 7.05. The molecule has 0 atom stereocenters. The Kier molecular flexibility index (Phi) is 6.45. The van der Waals surface area contributed by atoms with Gasteiger partial charge < -0.3 is 10.5 Å². The van der Waals surface area contributed by atoms with Gasteiger partial charge in [0.1, 0.15) is 0 Å². The number of likely N-dealkylation sites (N-methyl/N-ethyl adjacent to an activating group) is 1. The Labute approximate surface area is 107 Å². The molecule has 0 aromatic heterocycles. The van der Waals surface area contributed by atoms with Gasteiger partial charge in [-0.2, -0.15) is 0 Å². The van der Waals surface area contributed by atoms with Gasteiger partial charge in [0.15, 0.2) is 0 Å². The van der Waals surface area contributed by atoms with Crippen LogP contribution in [0.15, 0.2) is 0 Å². The van der Waals surface area contributed by atoms with Crippen molar-refractivity contribution in [2.24, 2.45) is 11.7 Å². The molecule has 0 amide bonds. The van der Waals surface area contributed by atoms with Crippen molar-refractivity contribution in [2.45, 2.75) is 51.0 Å². The molecule has 1 rings (SSSR count). The summed E-state index contributed by atoms with van der Waals surface area (Å²) in [6.45, 7) is 5.19. The average molecular weight is 242 g/mol. The van der Waals surface area contributed by atoms with Gasteiger partial charge in [-0.1, -0.05) is 6.92 Å². The van der Waals surface area contributed by atoms with Gasteiger partial charge in [-0.25, -0.2) is 0 Å². The zero-order valence-electron chi connectivity index (χ0n) is 11.9. The van der Waals surface area contributed by atoms with E-state index >= 15 is 0 Å². The van der Waals surface area contributed by atoms with Crippen LogP contribution in [0.2, 0.25) is 0 Å². The maximum Gasteiger partial charge on any atom is 0.0462 e. The Morgan fingerprint density at radius 1 is 1.29 bits per heavy atom. The van der Waals surface area contributed by atoms with Crippen LogP contribution in [-0.4, -0.2) is 44.3 Å². The van der Waals surface area contributed by atoms with Crippen LogP contribution in [-0.2, 0) is 4.74 Å². The Morgan fingerprint density at radius 3 is 2.47 bits per heavy atom. The number of rotatable bonds is 7.